The van der Waals surface area contributed by atoms with Gasteiger partial charge in [0.05, 0.1) is 11.6 Å². The van der Waals surface area contributed by atoms with E-state index in [1.165, 1.54) is 18.4 Å². The number of nitriles is 1. The minimum Gasteiger partial charge on any atom is -0.318 e. The zero-order chi connectivity index (χ0) is 16.5. The molecule has 0 aromatic heterocycles. The second-order valence-electron chi connectivity index (χ2n) is 5.28. The van der Waals surface area contributed by atoms with E-state index >= 15 is 0 Å². The molecule has 0 unspecified atom stereocenters. The van der Waals surface area contributed by atoms with Crippen molar-refractivity contribution < 1.29 is 4.99 Å². The van der Waals surface area contributed by atoms with Crippen LogP contribution in [0.3, 0.4) is 0 Å². The Morgan fingerprint density at radius 1 is 1.17 bits per heavy atom. The number of benzene rings is 2. The van der Waals surface area contributed by atoms with E-state index < -0.39 is 0 Å². The van der Waals surface area contributed by atoms with Gasteiger partial charge < -0.3 is 5.73 Å². The average molecular weight is 305 g/mol. The minimum atomic E-state index is 0.498. The summed E-state index contributed by atoms with van der Waals surface area (Å²) in [4.78, 5) is 7.29. The van der Waals surface area contributed by atoms with Crippen LogP contribution in [0.1, 0.15) is 36.5 Å². The second kappa shape index (κ2) is 8.50. The van der Waals surface area contributed by atoms with E-state index in [1.54, 1.807) is 30.6 Å². The van der Waals surface area contributed by atoms with E-state index in [-0.39, 0.29) is 0 Å². The molecule has 0 fully saturated rings. The summed E-state index contributed by atoms with van der Waals surface area (Å²) < 4.78 is 0. The summed E-state index contributed by atoms with van der Waals surface area (Å²) in [6.07, 6.45) is 5.10. The van der Waals surface area contributed by atoms with Crippen LogP contribution in [0.15, 0.2) is 53.5 Å². The molecule has 0 bridgehead atoms. The first-order chi connectivity index (χ1) is 11.2. The lowest BCUT2D eigenvalue weighted by Crippen LogP contribution is -2.74. The van der Waals surface area contributed by atoms with Crippen LogP contribution in [0.2, 0.25) is 0 Å². The fourth-order valence-corrected chi connectivity index (χ4v) is 2.11. The highest BCUT2D eigenvalue weighted by molar-refractivity contribution is 5.94. The molecule has 0 aliphatic carbocycles. The van der Waals surface area contributed by atoms with E-state index in [4.69, 9.17) is 11.0 Å². The molecule has 4 heteroatoms. The van der Waals surface area contributed by atoms with Gasteiger partial charge in [0.2, 0.25) is 12.2 Å². The highest BCUT2D eigenvalue weighted by Gasteiger charge is 2.01. The molecule has 0 aliphatic heterocycles. The Hall–Kier alpha value is -2.93. The molecule has 0 spiro atoms. The normalized spacial score (nSPS) is 11.6. The number of nitrogens with two attached hydrogens (primary N) is 1. The molecule has 4 nitrogen and oxygen atoms in total. The summed E-state index contributed by atoms with van der Waals surface area (Å²) in [5.41, 5.74) is 9.61. The molecule has 2 rings (SSSR count). The fraction of sp³-hybridized carbons (Fsp3) is 0.211. The van der Waals surface area contributed by atoms with Gasteiger partial charge in [-0.05, 0) is 54.8 Å². The third-order valence-corrected chi connectivity index (χ3v) is 3.51. The Morgan fingerprint density at radius 2 is 1.87 bits per heavy atom. The lowest BCUT2D eigenvalue weighted by atomic mass is 10.1. The maximum atomic E-state index is 8.78. The number of aryl methyl sites for hydroxylation is 1. The topological polar surface area (TPSA) is 76.1 Å². The molecule has 0 aliphatic rings. The van der Waals surface area contributed by atoms with Gasteiger partial charge in [0, 0.05) is 5.56 Å². The lowest BCUT2D eigenvalue weighted by molar-refractivity contribution is -0.303. The van der Waals surface area contributed by atoms with E-state index in [0.29, 0.717) is 11.4 Å². The molecule has 2 aromatic carbocycles. The number of nitrogens with one attached hydrogen (secondary N) is 1. The Balaban J connectivity index is 2.00. The van der Waals surface area contributed by atoms with Crippen LogP contribution in [-0.2, 0) is 6.42 Å². The maximum absolute atomic E-state index is 8.78. The van der Waals surface area contributed by atoms with Gasteiger partial charge in [0.25, 0.3) is 0 Å². The smallest absolute Gasteiger partial charge is 0.223 e. The van der Waals surface area contributed by atoms with Gasteiger partial charge in [-0.25, -0.2) is 4.99 Å². The fourth-order valence-electron chi connectivity index (χ4n) is 2.11. The Bertz CT molecular complexity index is 719. The van der Waals surface area contributed by atoms with Crippen molar-refractivity contribution in [1.82, 2.24) is 0 Å². The summed E-state index contributed by atoms with van der Waals surface area (Å²) in [6.45, 7) is 2.19. The summed E-state index contributed by atoms with van der Waals surface area (Å²) in [5.74, 6) is 0.498. The number of nitrogen functional groups attached to an aromatic ring is 1. The summed E-state index contributed by atoms with van der Waals surface area (Å²) >= 11 is 0. The predicted octanol–water partition coefficient (Wildman–Crippen LogP) is 2.05. The van der Waals surface area contributed by atoms with E-state index in [2.05, 4.69) is 35.1 Å². The van der Waals surface area contributed by atoms with Crippen molar-refractivity contribution in [2.24, 2.45) is 10.7 Å². The maximum Gasteiger partial charge on any atom is 0.223 e. The monoisotopic (exact) mass is 305 g/mol. The molecule has 0 saturated heterocycles. The molecule has 116 valence electrons. The van der Waals surface area contributed by atoms with Crippen molar-refractivity contribution in [3.05, 3.63) is 65.2 Å². The van der Waals surface area contributed by atoms with Crippen molar-refractivity contribution in [3.8, 4) is 6.07 Å². The van der Waals surface area contributed by atoms with Gasteiger partial charge >= 0.3 is 0 Å². The van der Waals surface area contributed by atoms with Gasteiger partial charge in [0.15, 0.2) is 0 Å². The number of nitrogens with zero attached hydrogens (tertiary/aromatic N) is 2. The molecule has 3 N–H and O–H groups in total. The Kier molecular flexibility index (Phi) is 6.07. The van der Waals surface area contributed by atoms with Gasteiger partial charge in [-0.1, -0.05) is 25.5 Å². The predicted molar refractivity (Wildman–Crippen MR) is 93.6 cm³/mol. The number of rotatable bonds is 6. The molecule has 0 amide bonds. The molecule has 0 heterocycles. The van der Waals surface area contributed by atoms with Gasteiger partial charge in [-0.15, -0.1) is 4.99 Å². The summed E-state index contributed by atoms with van der Waals surface area (Å²) in [6, 6.07) is 17.4. The molecule has 2 aromatic rings. The largest absolute Gasteiger partial charge is 0.318 e. The van der Waals surface area contributed by atoms with Crippen LogP contribution in [-0.4, -0.2) is 12.2 Å². The molecule has 0 radical (unpaired) electrons. The Morgan fingerprint density at radius 3 is 2.48 bits per heavy atom. The van der Waals surface area contributed by atoms with Crippen molar-refractivity contribution in [3.63, 3.8) is 0 Å². The molecule has 0 saturated carbocycles. The first kappa shape index (κ1) is 16.4. The highest BCUT2D eigenvalue weighted by atomic mass is 14.9. The summed E-state index contributed by atoms with van der Waals surface area (Å²) in [5, 5.41) is 8.78. The van der Waals surface area contributed by atoms with Crippen molar-refractivity contribution in [2.45, 2.75) is 26.2 Å². The van der Waals surface area contributed by atoms with Crippen LogP contribution in [0.25, 0.3) is 0 Å². The number of hydrogen-bond donors (Lipinski definition) is 2. The second-order valence-corrected chi connectivity index (χ2v) is 5.28. The number of unbranched alkanes of at least 4 members (excludes halogenated alkanes) is 1. The average Bonchev–Trinajstić information content (AvgIpc) is 2.61. The minimum absolute atomic E-state index is 0.498. The van der Waals surface area contributed by atoms with Crippen molar-refractivity contribution in [1.29, 1.82) is 5.26 Å². The molecular formula is C19H21N4+. The van der Waals surface area contributed by atoms with E-state index in [1.807, 2.05) is 12.1 Å². The van der Waals surface area contributed by atoms with Crippen LogP contribution in [0.5, 0.6) is 0 Å². The van der Waals surface area contributed by atoms with Gasteiger partial charge in [-0.2, -0.15) is 5.26 Å². The SMILES string of the molecule is CCCCc1ccc(N=C[NH+]=C(N)c2ccc(C#N)cc2)cc1. The molecule has 23 heavy (non-hydrogen) atoms. The van der Waals surface area contributed by atoms with Crippen LogP contribution < -0.4 is 10.7 Å². The van der Waals surface area contributed by atoms with Gasteiger partial charge in [0.1, 0.15) is 5.69 Å². The third kappa shape index (κ3) is 5.08. The summed E-state index contributed by atoms with van der Waals surface area (Å²) in [7, 11) is 0. The molecular weight excluding hydrogens is 284 g/mol. The number of hydrogen-bond acceptors (Lipinski definition) is 2. The zero-order valence-corrected chi connectivity index (χ0v) is 13.3. The van der Waals surface area contributed by atoms with Crippen LogP contribution in [0.4, 0.5) is 5.69 Å². The Labute approximate surface area is 137 Å². The first-order valence-electron chi connectivity index (χ1n) is 7.74. The molecule has 0 atom stereocenters. The van der Waals surface area contributed by atoms with Crippen LogP contribution in [0, 0.1) is 11.3 Å². The van der Waals surface area contributed by atoms with E-state index in [0.717, 1.165) is 17.7 Å². The third-order valence-electron chi connectivity index (χ3n) is 3.51. The zero-order valence-electron chi connectivity index (χ0n) is 13.3. The number of amidine groups is 1. The quantitative estimate of drug-likeness (QED) is 0.633. The first-order valence-corrected chi connectivity index (χ1v) is 7.74. The van der Waals surface area contributed by atoms with Crippen molar-refractivity contribution in [2.75, 3.05) is 0 Å². The van der Waals surface area contributed by atoms with E-state index in [9.17, 15) is 0 Å². The standard InChI is InChI=1S/C19H20N4/c1-2-3-4-15-7-11-18(12-8-15)22-14-23-19(21)17-9-5-16(13-20)6-10-17/h5-12,14H,2-4H2,1H3,(H2,21,22,23)/p+1. The highest BCUT2D eigenvalue weighted by Crippen LogP contribution is 2.13. The van der Waals surface area contributed by atoms with Crippen LogP contribution >= 0.6 is 0 Å². The van der Waals surface area contributed by atoms with Gasteiger partial charge in [-0.3, -0.25) is 0 Å². The lowest BCUT2D eigenvalue weighted by Gasteiger charge is -1.98. The number of aliphatic imine (C=N–C) groups is 1. The van der Waals surface area contributed by atoms with Crippen molar-refractivity contribution >= 4 is 17.9 Å².